The Balaban J connectivity index is 2.09. The van der Waals surface area contributed by atoms with Crippen LogP contribution in [0.25, 0.3) is 0 Å². The first-order valence-corrected chi connectivity index (χ1v) is 6.55. The van der Waals surface area contributed by atoms with Crippen LogP contribution < -0.4 is 5.43 Å². The predicted octanol–water partition coefficient (Wildman–Crippen LogP) is 3.94. The number of rotatable bonds is 4. The molecule has 2 aromatic carbocycles. The van der Waals surface area contributed by atoms with Crippen molar-refractivity contribution in [1.29, 1.82) is 0 Å². The number of hydrogen-bond donors (Lipinski definition) is 1. The number of esters is 1. The largest absolute Gasteiger partial charge is 0.465 e. The molecule has 0 saturated heterocycles. The highest BCUT2D eigenvalue weighted by Gasteiger charge is 2.33. The van der Waals surface area contributed by atoms with Gasteiger partial charge in [-0.2, -0.15) is 18.3 Å². The van der Waals surface area contributed by atoms with E-state index in [-0.39, 0.29) is 5.69 Å². The first kappa shape index (κ1) is 16.5. The van der Waals surface area contributed by atoms with Crippen molar-refractivity contribution in [2.45, 2.75) is 6.18 Å². The fraction of sp³-hybridized carbons (Fsp3) is 0.125. The van der Waals surface area contributed by atoms with E-state index in [2.05, 4.69) is 15.3 Å². The number of hydrazone groups is 1. The minimum absolute atomic E-state index is 0.137. The average molecular weight is 322 g/mol. The van der Waals surface area contributed by atoms with Gasteiger partial charge in [0.2, 0.25) is 0 Å². The van der Waals surface area contributed by atoms with Crippen molar-refractivity contribution in [1.82, 2.24) is 0 Å². The highest BCUT2D eigenvalue weighted by Crippen LogP contribution is 2.34. The molecule has 0 radical (unpaired) electrons. The Morgan fingerprint density at radius 2 is 1.78 bits per heavy atom. The highest BCUT2D eigenvalue weighted by molar-refractivity contribution is 5.90. The minimum atomic E-state index is -4.46. The number of ether oxygens (including phenoxy) is 1. The molecule has 1 N–H and O–H groups in total. The first-order valence-electron chi connectivity index (χ1n) is 6.55. The Labute approximate surface area is 130 Å². The van der Waals surface area contributed by atoms with Gasteiger partial charge in [0.1, 0.15) is 0 Å². The van der Waals surface area contributed by atoms with E-state index >= 15 is 0 Å². The van der Waals surface area contributed by atoms with Crippen LogP contribution in [0.5, 0.6) is 0 Å². The zero-order valence-electron chi connectivity index (χ0n) is 12.1. The first-order chi connectivity index (χ1) is 10.9. The van der Waals surface area contributed by atoms with Crippen LogP contribution in [0.2, 0.25) is 0 Å². The van der Waals surface area contributed by atoms with Crippen molar-refractivity contribution in [3.05, 3.63) is 65.2 Å². The lowest BCUT2D eigenvalue weighted by Gasteiger charge is -2.11. The van der Waals surface area contributed by atoms with Gasteiger partial charge < -0.3 is 4.74 Å². The van der Waals surface area contributed by atoms with Gasteiger partial charge in [-0.25, -0.2) is 4.79 Å². The van der Waals surface area contributed by atoms with Crippen molar-refractivity contribution < 1.29 is 22.7 Å². The number of nitrogens with one attached hydrogen (secondary N) is 1. The standard InChI is InChI=1S/C16H13F3N2O2/c1-23-15(22)12-8-6-11(7-9-12)10-20-21-14-5-3-2-4-13(14)16(17,18)19/h2-10,21H,1H3/b20-10+. The molecule has 0 aliphatic heterocycles. The van der Waals surface area contributed by atoms with Crippen LogP contribution in [-0.4, -0.2) is 19.3 Å². The minimum Gasteiger partial charge on any atom is -0.465 e. The zero-order valence-corrected chi connectivity index (χ0v) is 12.1. The molecule has 0 atom stereocenters. The van der Waals surface area contributed by atoms with Gasteiger partial charge in [0.05, 0.1) is 30.1 Å². The molecular weight excluding hydrogens is 309 g/mol. The van der Waals surface area contributed by atoms with Crippen molar-refractivity contribution in [3.63, 3.8) is 0 Å². The van der Waals surface area contributed by atoms with Crippen molar-refractivity contribution in [2.75, 3.05) is 12.5 Å². The third kappa shape index (κ3) is 4.32. The monoisotopic (exact) mass is 322 g/mol. The van der Waals surface area contributed by atoms with Crippen LogP contribution in [0.3, 0.4) is 0 Å². The molecule has 0 spiro atoms. The molecule has 0 bridgehead atoms. The summed E-state index contributed by atoms with van der Waals surface area (Å²) in [6.07, 6.45) is -3.10. The van der Waals surface area contributed by atoms with E-state index in [0.29, 0.717) is 11.1 Å². The van der Waals surface area contributed by atoms with E-state index in [0.717, 1.165) is 6.07 Å². The van der Waals surface area contributed by atoms with Crippen LogP contribution >= 0.6 is 0 Å². The van der Waals surface area contributed by atoms with E-state index in [1.165, 1.54) is 43.7 Å². The van der Waals surface area contributed by atoms with Gasteiger partial charge in [0.15, 0.2) is 0 Å². The Morgan fingerprint density at radius 3 is 2.39 bits per heavy atom. The number of carbonyl (C=O) groups is 1. The van der Waals surface area contributed by atoms with E-state index < -0.39 is 17.7 Å². The molecule has 0 amide bonds. The van der Waals surface area contributed by atoms with Crippen molar-refractivity contribution in [2.24, 2.45) is 5.10 Å². The molecule has 23 heavy (non-hydrogen) atoms. The summed E-state index contributed by atoms with van der Waals surface area (Å²) in [7, 11) is 1.28. The Kier molecular flexibility index (Phi) is 5.00. The van der Waals surface area contributed by atoms with Crippen LogP contribution in [0.15, 0.2) is 53.6 Å². The molecule has 0 aromatic heterocycles. The lowest BCUT2D eigenvalue weighted by atomic mass is 10.1. The molecule has 0 unspecified atom stereocenters. The van der Waals surface area contributed by atoms with Crippen molar-refractivity contribution >= 4 is 17.9 Å². The fourth-order valence-electron chi connectivity index (χ4n) is 1.83. The second-order valence-electron chi connectivity index (χ2n) is 4.53. The molecule has 2 aromatic rings. The molecule has 0 aliphatic carbocycles. The maximum absolute atomic E-state index is 12.8. The summed E-state index contributed by atoms with van der Waals surface area (Å²) in [6.45, 7) is 0. The quantitative estimate of drug-likeness (QED) is 0.527. The Morgan fingerprint density at radius 1 is 1.13 bits per heavy atom. The maximum Gasteiger partial charge on any atom is 0.418 e. The predicted molar refractivity (Wildman–Crippen MR) is 80.4 cm³/mol. The van der Waals surface area contributed by atoms with Gasteiger partial charge in [-0.3, -0.25) is 5.43 Å². The second kappa shape index (κ2) is 6.95. The summed E-state index contributed by atoms with van der Waals surface area (Å²) in [5.41, 5.74) is 2.44. The van der Waals surface area contributed by atoms with Gasteiger partial charge in [0, 0.05) is 0 Å². The molecule has 0 saturated carbocycles. The number of para-hydroxylation sites is 1. The Hall–Kier alpha value is -2.83. The molecule has 7 heteroatoms. The Bertz CT molecular complexity index is 710. The summed E-state index contributed by atoms with van der Waals surface area (Å²) in [4.78, 5) is 11.3. The zero-order chi connectivity index (χ0) is 16.9. The number of benzene rings is 2. The SMILES string of the molecule is COC(=O)c1ccc(/C=N/Nc2ccccc2C(F)(F)F)cc1. The number of hydrogen-bond acceptors (Lipinski definition) is 4. The normalized spacial score (nSPS) is 11.5. The van der Waals surface area contributed by atoms with Gasteiger partial charge in [-0.1, -0.05) is 24.3 Å². The highest BCUT2D eigenvalue weighted by atomic mass is 19.4. The van der Waals surface area contributed by atoms with Gasteiger partial charge in [-0.05, 0) is 29.8 Å². The third-order valence-electron chi connectivity index (χ3n) is 2.96. The van der Waals surface area contributed by atoms with Gasteiger partial charge >= 0.3 is 12.1 Å². The number of anilines is 1. The molecular formula is C16H13F3N2O2. The third-order valence-corrected chi connectivity index (χ3v) is 2.96. The topological polar surface area (TPSA) is 50.7 Å². The lowest BCUT2D eigenvalue weighted by molar-refractivity contribution is -0.136. The average Bonchev–Trinajstić information content (AvgIpc) is 2.54. The van der Waals surface area contributed by atoms with Gasteiger partial charge in [-0.15, -0.1) is 0 Å². The summed E-state index contributed by atoms with van der Waals surface area (Å²) >= 11 is 0. The number of alkyl halides is 3. The van der Waals surface area contributed by atoms with Crippen LogP contribution in [0.1, 0.15) is 21.5 Å². The number of nitrogens with zero attached hydrogens (tertiary/aromatic N) is 1. The summed E-state index contributed by atoms with van der Waals surface area (Å²) in [6, 6.07) is 11.3. The van der Waals surface area contributed by atoms with Gasteiger partial charge in [0.25, 0.3) is 0 Å². The van der Waals surface area contributed by atoms with Crippen LogP contribution in [0.4, 0.5) is 18.9 Å². The summed E-state index contributed by atoms with van der Waals surface area (Å²) < 4.78 is 43.0. The molecule has 120 valence electrons. The van der Waals surface area contributed by atoms with E-state index in [9.17, 15) is 18.0 Å². The number of halogens is 3. The molecule has 2 rings (SSSR count). The van der Waals surface area contributed by atoms with Crippen LogP contribution in [-0.2, 0) is 10.9 Å². The summed E-state index contributed by atoms with van der Waals surface area (Å²) in [5.74, 6) is -0.467. The maximum atomic E-state index is 12.8. The van der Waals surface area contributed by atoms with Crippen LogP contribution in [0, 0.1) is 0 Å². The van der Waals surface area contributed by atoms with E-state index in [1.807, 2.05) is 0 Å². The number of carbonyl (C=O) groups excluding carboxylic acids is 1. The lowest BCUT2D eigenvalue weighted by Crippen LogP contribution is -2.08. The fourth-order valence-corrected chi connectivity index (χ4v) is 1.83. The summed E-state index contributed by atoms with van der Waals surface area (Å²) in [5, 5.41) is 3.79. The smallest absolute Gasteiger partial charge is 0.418 e. The van der Waals surface area contributed by atoms with Crippen molar-refractivity contribution in [3.8, 4) is 0 Å². The van der Waals surface area contributed by atoms with E-state index in [1.54, 1.807) is 12.1 Å². The molecule has 4 nitrogen and oxygen atoms in total. The molecule has 0 fully saturated rings. The van der Waals surface area contributed by atoms with E-state index in [4.69, 9.17) is 0 Å². The molecule has 0 heterocycles. The second-order valence-corrected chi connectivity index (χ2v) is 4.53. The molecule has 0 aliphatic rings. The number of methoxy groups -OCH3 is 1.